The zero-order chi connectivity index (χ0) is 17.2. The number of amides is 1. The van der Waals surface area contributed by atoms with E-state index in [1.54, 1.807) is 6.20 Å². The molecule has 2 aliphatic rings. The zero-order valence-corrected chi connectivity index (χ0v) is 15.1. The average Bonchev–Trinajstić information content (AvgIpc) is 2.62. The SMILES string of the molecule is CN(C)c1cncc(C2CCN(C(=O)[C@]3(C)CCCCN3)CC2)n1. The molecule has 1 amide bonds. The summed E-state index contributed by atoms with van der Waals surface area (Å²) in [6, 6.07) is 0. The molecule has 3 rings (SSSR count). The summed E-state index contributed by atoms with van der Waals surface area (Å²) in [5.74, 6) is 1.56. The number of carbonyl (C=O) groups excluding carboxylic acids is 1. The van der Waals surface area contributed by atoms with E-state index < -0.39 is 0 Å². The standard InChI is InChI=1S/C18H29N5O/c1-18(8-4-5-9-20-18)17(24)23-10-6-14(7-11-23)15-12-19-13-16(21-15)22(2)3/h12-14,20H,4-11H2,1-3H3/t18-/m0/s1. The van der Waals surface area contributed by atoms with Crippen LogP contribution in [0.15, 0.2) is 12.4 Å². The van der Waals surface area contributed by atoms with E-state index >= 15 is 0 Å². The third kappa shape index (κ3) is 3.53. The van der Waals surface area contributed by atoms with Gasteiger partial charge < -0.3 is 15.1 Å². The Bertz CT molecular complexity index is 575. The number of nitrogens with one attached hydrogen (secondary N) is 1. The second kappa shape index (κ2) is 7.05. The molecule has 2 fully saturated rings. The lowest BCUT2D eigenvalue weighted by atomic mass is 9.87. The van der Waals surface area contributed by atoms with Crippen molar-refractivity contribution >= 4 is 11.7 Å². The highest BCUT2D eigenvalue weighted by atomic mass is 16.2. The van der Waals surface area contributed by atoms with Crippen molar-refractivity contribution in [3.05, 3.63) is 18.1 Å². The fourth-order valence-electron chi connectivity index (χ4n) is 3.75. The molecule has 24 heavy (non-hydrogen) atoms. The average molecular weight is 331 g/mol. The fourth-order valence-corrected chi connectivity index (χ4v) is 3.75. The number of hydrogen-bond donors (Lipinski definition) is 1. The van der Waals surface area contributed by atoms with Crippen molar-refractivity contribution in [3.63, 3.8) is 0 Å². The zero-order valence-electron chi connectivity index (χ0n) is 15.1. The van der Waals surface area contributed by atoms with Crippen molar-refractivity contribution in [1.29, 1.82) is 0 Å². The predicted molar refractivity (Wildman–Crippen MR) is 95.2 cm³/mol. The molecule has 0 bridgehead atoms. The second-order valence-electron chi connectivity index (χ2n) is 7.48. The number of hydrogen-bond acceptors (Lipinski definition) is 5. The summed E-state index contributed by atoms with van der Waals surface area (Å²) in [6.45, 7) is 4.64. The van der Waals surface area contributed by atoms with Crippen LogP contribution in [0.25, 0.3) is 0 Å². The summed E-state index contributed by atoms with van der Waals surface area (Å²) >= 11 is 0. The van der Waals surface area contributed by atoms with Crippen LogP contribution in [-0.4, -0.2) is 60.0 Å². The molecule has 132 valence electrons. The molecule has 0 saturated carbocycles. The van der Waals surface area contributed by atoms with Gasteiger partial charge in [0.05, 0.1) is 17.4 Å². The Kier molecular flexibility index (Phi) is 5.04. The first kappa shape index (κ1) is 17.1. The minimum atomic E-state index is -0.365. The molecule has 0 aromatic carbocycles. The van der Waals surface area contributed by atoms with E-state index in [0.717, 1.165) is 56.8 Å². The van der Waals surface area contributed by atoms with Gasteiger partial charge >= 0.3 is 0 Å². The highest BCUT2D eigenvalue weighted by molar-refractivity contribution is 5.86. The minimum Gasteiger partial charge on any atom is -0.361 e. The maximum atomic E-state index is 12.9. The van der Waals surface area contributed by atoms with Crippen LogP contribution >= 0.6 is 0 Å². The Labute approximate surface area is 144 Å². The van der Waals surface area contributed by atoms with Crippen molar-refractivity contribution in [2.45, 2.75) is 50.5 Å². The van der Waals surface area contributed by atoms with Gasteiger partial charge in [-0.25, -0.2) is 4.98 Å². The van der Waals surface area contributed by atoms with Gasteiger partial charge in [-0.3, -0.25) is 9.78 Å². The number of carbonyl (C=O) groups is 1. The van der Waals surface area contributed by atoms with E-state index in [1.165, 1.54) is 6.42 Å². The molecule has 0 radical (unpaired) electrons. The van der Waals surface area contributed by atoms with Crippen molar-refractivity contribution in [2.24, 2.45) is 0 Å². The van der Waals surface area contributed by atoms with E-state index in [-0.39, 0.29) is 11.4 Å². The van der Waals surface area contributed by atoms with Crippen LogP contribution in [0.4, 0.5) is 5.82 Å². The van der Waals surface area contributed by atoms with Crippen molar-refractivity contribution in [1.82, 2.24) is 20.2 Å². The van der Waals surface area contributed by atoms with Gasteiger partial charge in [0.15, 0.2) is 0 Å². The lowest BCUT2D eigenvalue weighted by molar-refractivity contribution is -0.139. The normalized spacial score (nSPS) is 25.5. The van der Waals surface area contributed by atoms with Gasteiger partial charge in [0, 0.05) is 39.3 Å². The Balaban J connectivity index is 1.61. The number of rotatable bonds is 3. The molecular weight excluding hydrogens is 302 g/mol. The molecule has 2 aliphatic heterocycles. The minimum absolute atomic E-state index is 0.272. The number of nitrogens with zero attached hydrogens (tertiary/aromatic N) is 4. The Morgan fingerprint density at radius 2 is 2.04 bits per heavy atom. The number of likely N-dealkylation sites (tertiary alicyclic amines) is 1. The molecule has 6 heteroatoms. The molecular formula is C18H29N5O. The molecule has 1 aromatic heterocycles. The summed E-state index contributed by atoms with van der Waals surface area (Å²) in [4.78, 5) is 25.9. The van der Waals surface area contributed by atoms with Crippen molar-refractivity contribution < 1.29 is 4.79 Å². The van der Waals surface area contributed by atoms with E-state index in [9.17, 15) is 4.79 Å². The van der Waals surface area contributed by atoms with Crippen LogP contribution in [0, 0.1) is 0 Å². The van der Waals surface area contributed by atoms with Gasteiger partial charge in [0.2, 0.25) is 5.91 Å². The van der Waals surface area contributed by atoms with Gasteiger partial charge in [-0.15, -0.1) is 0 Å². The van der Waals surface area contributed by atoms with Crippen LogP contribution in [0.1, 0.15) is 50.6 Å². The molecule has 2 saturated heterocycles. The molecule has 0 aliphatic carbocycles. The van der Waals surface area contributed by atoms with Crippen molar-refractivity contribution in [2.75, 3.05) is 38.6 Å². The molecule has 0 spiro atoms. The maximum absolute atomic E-state index is 12.9. The van der Waals surface area contributed by atoms with Gasteiger partial charge in [-0.2, -0.15) is 0 Å². The first-order chi connectivity index (χ1) is 11.5. The Morgan fingerprint density at radius 3 is 2.67 bits per heavy atom. The summed E-state index contributed by atoms with van der Waals surface area (Å²) in [7, 11) is 3.96. The molecule has 6 nitrogen and oxygen atoms in total. The van der Waals surface area contributed by atoms with Gasteiger partial charge in [-0.05, 0) is 45.6 Å². The number of aromatic nitrogens is 2. The maximum Gasteiger partial charge on any atom is 0.242 e. The van der Waals surface area contributed by atoms with E-state index in [1.807, 2.05) is 30.1 Å². The Morgan fingerprint density at radius 1 is 1.29 bits per heavy atom. The van der Waals surface area contributed by atoms with Crippen molar-refractivity contribution in [3.8, 4) is 0 Å². The third-order valence-electron chi connectivity index (χ3n) is 5.39. The first-order valence-corrected chi connectivity index (χ1v) is 9.03. The summed E-state index contributed by atoms with van der Waals surface area (Å²) in [5.41, 5.74) is 0.686. The van der Waals surface area contributed by atoms with Gasteiger partial charge in [0.1, 0.15) is 5.82 Å². The van der Waals surface area contributed by atoms with Crippen LogP contribution in [0.3, 0.4) is 0 Å². The number of anilines is 1. The predicted octanol–water partition coefficient (Wildman–Crippen LogP) is 1.78. The quantitative estimate of drug-likeness (QED) is 0.915. The lowest BCUT2D eigenvalue weighted by Gasteiger charge is -2.40. The third-order valence-corrected chi connectivity index (χ3v) is 5.39. The number of piperidine rings is 2. The molecule has 0 unspecified atom stereocenters. The second-order valence-corrected chi connectivity index (χ2v) is 7.48. The smallest absolute Gasteiger partial charge is 0.242 e. The van der Waals surface area contributed by atoms with Crippen LogP contribution < -0.4 is 10.2 Å². The largest absolute Gasteiger partial charge is 0.361 e. The van der Waals surface area contributed by atoms with Crippen LogP contribution in [0.2, 0.25) is 0 Å². The lowest BCUT2D eigenvalue weighted by Crippen LogP contribution is -2.59. The highest BCUT2D eigenvalue weighted by Crippen LogP contribution is 2.29. The first-order valence-electron chi connectivity index (χ1n) is 9.03. The molecule has 1 atom stereocenters. The van der Waals surface area contributed by atoms with E-state index in [4.69, 9.17) is 4.98 Å². The van der Waals surface area contributed by atoms with Crippen LogP contribution in [0.5, 0.6) is 0 Å². The summed E-state index contributed by atoms with van der Waals surface area (Å²) in [6.07, 6.45) is 8.85. The fraction of sp³-hybridized carbons (Fsp3) is 0.722. The topological polar surface area (TPSA) is 61.4 Å². The van der Waals surface area contributed by atoms with Gasteiger partial charge in [0.25, 0.3) is 0 Å². The van der Waals surface area contributed by atoms with E-state index in [2.05, 4.69) is 17.2 Å². The van der Waals surface area contributed by atoms with E-state index in [0.29, 0.717) is 5.92 Å². The molecule has 1 N–H and O–H groups in total. The summed E-state index contributed by atoms with van der Waals surface area (Å²) < 4.78 is 0. The monoisotopic (exact) mass is 331 g/mol. The van der Waals surface area contributed by atoms with Crippen LogP contribution in [-0.2, 0) is 4.79 Å². The Hall–Kier alpha value is -1.69. The molecule has 3 heterocycles. The summed E-state index contributed by atoms with van der Waals surface area (Å²) in [5, 5.41) is 3.44. The highest BCUT2D eigenvalue weighted by Gasteiger charge is 2.38. The van der Waals surface area contributed by atoms with Gasteiger partial charge in [-0.1, -0.05) is 0 Å². The molecule has 1 aromatic rings.